The zero-order valence-corrected chi connectivity index (χ0v) is 13.9. The highest BCUT2D eigenvalue weighted by atomic mass is 28.3. The minimum Gasteiger partial charge on any atom is -0.310 e. The lowest BCUT2D eigenvalue weighted by molar-refractivity contribution is 0.378. The van der Waals surface area contributed by atoms with Crippen molar-refractivity contribution >= 4 is 13.3 Å². The molecular weight excluding hydrogens is 258 g/mol. The lowest BCUT2D eigenvalue weighted by atomic mass is 9.80. The summed E-state index contributed by atoms with van der Waals surface area (Å²) in [6, 6.07) is 13.4. The third kappa shape index (κ3) is 2.91. The van der Waals surface area contributed by atoms with Crippen LogP contribution in [0.2, 0.25) is 19.1 Å². The van der Waals surface area contributed by atoms with Crippen LogP contribution in [0.25, 0.3) is 0 Å². The summed E-state index contributed by atoms with van der Waals surface area (Å²) in [5.41, 5.74) is 1.75. The molecule has 1 heterocycles. The molecular formula is C18H27NSi. The molecule has 20 heavy (non-hydrogen) atoms. The smallest absolute Gasteiger partial charge is 0.0812 e. The van der Waals surface area contributed by atoms with E-state index in [-0.39, 0.29) is 0 Å². The van der Waals surface area contributed by atoms with Gasteiger partial charge in [0, 0.05) is 6.04 Å². The predicted molar refractivity (Wildman–Crippen MR) is 90.2 cm³/mol. The average Bonchev–Trinajstić information content (AvgIpc) is 2.48. The van der Waals surface area contributed by atoms with Gasteiger partial charge in [0.2, 0.25) is 0 Å². The Hall–Kier alpha value is -0.863. The molecule has 0 spiro atoms. The van der Waals surface area contributed by atoms with Crippen LogP contribution >= 0.6 is 0 Å². The summed E-state index contributed by atoms with van der Waals surface area (Å²) in [4.78, 5) is 0. The van der Waals surface area contributed by atoms with Gasteiger partial charge in [0.15, 0.2) is 0 Å². The van der Waals surface area contributed by atoms with Crippen molar-refractivity contribution in [3.63, 3.8) is 0 Å². The summed E-state index contributed by atoms with van der Waals surface area (Å²) in [5, 5.41) is 5.34. The Kier molecular flexibility index (Phi) is 4.13. The third-order valence-electron chi connectivity index (χ3n) is 5.15. The highest BCUT2D eigenvalue weighted by Gasteiger charge is 2.34. The SMILES string of the molecule is C[Si](C)(C[C@H]1CCC[C@@H]2NCCC=C12)c1ccccc1. The molecule has 108 valence electrons. The molecule has 2 aliphatic rings. The van der Waals surface area contributed by atoms with Crippen LogP contribution in [0.1, 0.15) is 25.7 Å². The van der Waals surface area contributed by atoms with Crippen molar-refractivity contribution in [2.75, 3.05) is 6.54 Å². The van der Waals surface area contributed by atoms with Gasteiger partial charge < -0.3 is 5.32 Å². The van der Waals surface area contributed by atoms with Crippen molar-refractivity contribution in [2.45, 2.75) is 50.9 Å². The van der Waals surface area contributed by atoms with Crippen molar-refractivity contribution < 1.29 is 0 Å². The van der Waals surface area contributed by atoms with Crippen molar-refractivity contribution in [3.05, 3.63) is 42.0 Å². The van der Waals surface area contributed by atoms with Crippen LogP contribution in [0.15, 0.2) is 42.0 Å². The fourth-order valence-electron chi connectivity index (χ4n) is 4.05. The van der Waals surface area contributed by atoms with Gasteiger partial charge in [-0.05, 0) is 37.8 Å². The van der Waals surface area contributed by atoms with E-state index < -0.39 is 8.07 Å². The van der Waals surface area contributed by atoms with Gasteiger partial charge in [-0.2, -0.15) is 0 Å². The zero-order valence-electron chi connectivity index (χ0n) is 12.9. The Morgan fingerprint density at radius 3 is 2.75 bits per heavy atom. The van der Waals surface area contributed by atoms with Gasteiger partial charge in [-0.25, -0.2) is 0 Å². The van der Waals surface area contributed by atoms with Crippen molar-refractivity contribution in [1.82, 2.24) is 5.32 Å². The number of hydrogen-bond acceptors (Lipinski definition) is 1. The second kappa shape index (κ2) is 5.86. The van der Waals surface area contributed by atoms with E-state index in [2.05, 4.69) is 54.8 Å². The molecule has 1 aromatic rings. The van der Waals surface area contributed by atoms with E-state index in [1.165, 1.54) is 38.3 Å². The first-order valence-electron chi connectivity index (χ1n) is 8.16. The molecule has 2 heteroatoms. The molecule has 1 fully saturated rings. The van der Waals surface area contributed by atoms with E-state index in [0.717, 1.165) is 5.92 Å². The third-order valence-corrected chi connectivity index (χ3v) is 8.56. The van der Waals surface area contributed by atoms with Gasteiger partial charge in [-0.15, -0.1) is 0 Å². The largest absolute Gasteiger partial charge is 0.310 e. The van der Waals surface area contributed by atoms with Crippen LogP contribution < -0.4 is 10.5 Å². The minimum absolute atomic E-state index is 0.697. The Bertz CT molecular complexity index is 477. The lowest BCUT2D eigenvalue weighted by Gasteiger charge is -2.39. The molecule has 1 aliphatic heterocycles. The molecule has 0 saturated heterocycles. The number of benzene rings is 1. The molecule has 3 rings (SSSR count). The van der Waals surface area contributed by atoms with Gasteiger partial charge in [-0.1, -0.05) is 66.7 Å². The summed E-state index contributed by atoms with van der Waals surface area (Å²) in [7, 11) is -1.31. The summed E-state index contributed by atoms with van der Waals surface area (Å²) in [6.07, 6.45) is 7.96. The normalized spacial score (nSPS) is 26.8. The molecule has 0 aromatic heterocycles. The Labute approximate surface area is 124 Å². The number of rotatable bonds is 3. The standard InChI is InChI=1S/C18H27NSi/c1-20(2,16-9-4-3-5-10-16)14-15-8-6-12-18-17(15)11-7-13-19-18/h3-5,9-11,15,18-19H,6-8,12-14H2,1-2H3/t15-,18+/m1/s1. The zero-order chi connectivity index (χ0) is 14.0. The Morgan fingerprint density at radius 2 is 1.95 bits per heavy atom. The van der Waals surface area contributed by atoms with Gasteiger partial charge in [0.05, 0.1) is 8.07 Å². The number of fused-ring (bicyclic) bond motifs is 1. The van der Waals surface area contributed by atoms with Crippen LogP contribution in [-0.4, -0.2) is 20.7 Å². The minimum atomic E-state index is -1.31. The van der Waals surface area contributed by atoms with Crippen molar-refractivity contribution in [2.24, 2.45) is 5.92 Å². The van der Waals surface area contributed by atoms with Gasteiger partial charge in [0.25, 0.3) is 0 Å². The molecule has 1 aliphatic carbocycles. The number of nitrogens with one attached hydrogen (secondary N) is 1. The molecule has 0 unspecified atom stereocenters. The topological polar surface area (TPSA) is 12.0 Å². The van der Waals surface area contributed by atoms with E-state index in [9.17, 15) is 0 Å². The Morgan fingerprint density at radius 1 is 1.15 bits per heavy atom. The molecule has 1 nitrogen and oxygen atoms in total. The summed E-state index contributed by atoms with van der Waals surface area (Å²) in [6.45, 7) is 6.27. The predicted octanol–water partition coefficient (Wildman–Crippen LogP) is 3.69. The number of hydrogen-bond donors (Lipinski definition) is 1. The monoisotopic (exact) mass is 285 g/mol. The van der Waals surface area contributed by atoms with E-state index in [1.54, 1.807) is 10.8 Å². The van der Waals surface area contributed by atoms with E-state index >= 15 is 0 Å². The highest BCUT2D eigenvalue weighted by molar-refractivity contribution is 6.89. The Balaban J connectivity index is 1.78. The lowest BCUT2D eigenvalue weighted by Crippen LogP contribution is -2.46. The molecule has 0 amide bonds. The second-order valence-electron chi connectivity index (χ2n) is 7.08. The first-order valence-corrected chi connectivity index (χ1v) is 11.4. The molecule has 0 radical (unpaired) electrons. The molecule has 2 atom stereocenters. The second-order valence-corrected chi connectivity index (χ2v) is 11.8. The van der Waals surface area contributed by atoms with Crippen molar-refractivity contribution in [3.8, 4) is 0 Å². The maximum absolute atomic E-state index is 3.72. The maximum Gasteiger partial charge on any atom is 0.0812 e. The molecule has 0 bridgehead atoms. The van der Waals surface area contributed by atoms with E-state index in [1.807, 2.05) is 0 Å². The quantitative estimate of drug-likeness (QED) is 0.660. The van der Waals surface area contributed by atoms with Crippen LogP contribution in [-0.2, 0) is 0 Å². The fourth-order valence-corrected chi connectivity index (χ4v) is 7.06. The van der Waals surface area contributed by atoms with Crippen LogP contribution in [0, 0.1) is 5.92 Å². The summed E-state index contributed by atoms with van der Waals surface area (Å²) < 4.78 is 0. The van der Waals surface area contributed by atoms with Gasteiger partial charge in [0.1, 0.15) is 0 Å². The van der Waals surface area contributed by atoms with Gasteiger partial charge >= 0.3 is 0 Å². The average molecular weight is 286 g/mol. The summed E-state index contributed by atoms with van der Waals surface area (Å²) in [5.74, 6) is 0.837. The van der Waals surface area contributed by atoms with Crippen molar-refractivity contribution in [1.29, 1.82) is 0 Å². The first kappa shape index (κ1) is 14.1. The van der Waals surface area contributed by atoms with Crippen LogP contribution in [0.3, 0.4) is 0 Å². The van der Waals surface area contributed by atoms with Crippen LogP contribution in [0.5, 0.6) is 0 Å². The van der Waals surface area contributed by atoms with E-state index in [0.29, 0.717) is 6.04 Å². The van der Waals surface area contributed by atoms with Gasteiger partial charge in [-0.3, -0.25) is 0 Å². The van der Waals surface area contributed by atoms with E-state index in [4.69, 9.17) is 0 Å². The highest BCUT2D eigenvalue weighted by Crippen LogP contribution is 2.36. The molecule has 1 saturated carbocycles. The van der Waals surface area contributed by atoms with Crippen LogP contribution in [0.4, 0.5) is 0 Å². The molecule has 1 N–H and O–H groups in total. The molecule has 1 aromatic carbocycles. The first-order chi connectivity index (χ1) is 9.67. The summed E-state index contributed by atoms with van der Waals surface area (Å²) >= 11 is 0. The fraction of sp³-hybridized carbons (Fsp3) is 0.556. The maximum atomic E-state index is 3.72.